The van der Waals surface area contributed by atoms with E-state index in [0.717, 1.165) is 49.8 Å². The lowest BCUT2D eigenvalue weighted by Crippen LogP contribution is -2.43. The summed E-state index contributed by atoms with van der Waals surface area (Å²) in [5.74, 6) is 0.123. The number of hydrogen-bond acceptors (Lipinski definition) is 4. The van der Waals surface area contributed by atoms with Crippen LogP contribution < -0.4 is 0 Å². The molecular weight excluding hydrogens is 360 g/mol. The van der Waals surface area contributed by atoms with E-state index in [1.165, 1.54) is 11.1 Å². The van der Waals surface area contributed by atoms with Crippen LogP contribution in [0.25, 0.3) is 11.1 Å². The van der Waals surface area contributed by atoms with Crippen LogP contribution in [-0.2, 0) is 0 Å². The molecule has 0 N–H and O–H groups in total. The fourth-order valence-corrected chi connectivity index (χ4v) is 4.49. The molecule has 1 unspecified atom stereocenters. The van der Waals surface area contributed by atoms with Crippen LogP contribution in [0.15, 0.2) is 58.9 Å². The van der Waals surface area contributed by atoms with Gasteiger partial charge in [-0.25, -0.2) is 0 Å². The van der Waals surface area contributed by atoms with E-state index in [-0.39, 0.29) is 11.9 Å². The molecule has 2 aliphatic carbocycles. The van der Waals surface area contributed by atoms with Crippen molar-refractivity contribution in [3.8, 4) is 17.2 Å². The summed E-state index contributed by atoms with van der Waals surface area (Å²) in [5, 5.41) is 9.31. The minimum absolute atomic E-state index is 0.123. The molecule has 5 rings (SSSR count). The van der Waals surface area contributed by atoms with Crippen molar-refractivity contribution >= 4 is 12.1 Å². The van der Waals surface area contributed by atoms with Crippen LogP contribution >= 0.6 is 0 Å². The van der Waals surface area contributed by atoms with Gasteiger partial charge < -0.3 is 4.90 Å². The number of aromatic nitrogens is 1. The van der Waals surface area contributed by atoms with Crippen molar-refractivity contribution in [3.05, 3.63) is 65.0 Å². The van der Waals surface area contributed by atoms with Crippen molar-refractivity contribution in [3.63, 3.8) is 0 Å². The number of carbonyl (C=O) groups excluding carboxylic acids is 1. The molecule has 0 bridgehead atoms. The van der Waals surface area contributed by atoms with Crippen molar-refractivity contribution in [2.45, 2.75) is 44.2 Å². The number of rotatable bonds is 4. The van der Waals surface area contributed by atoms with Gasteiger partial charge in [-0.05, 0) is 67.0 Å². The van der Waals surface area contributed by atoms with E-state index >= 15 is 0 Å². The Balaban J connectivity index is 1.39. The molecule has 1 aromatic heterocycles. The first-order chi connectivity index (χ1) is 14.2. The average molecular weight is 382 g/mol. The highest BCUT2D eigenvalue weighted by atomic mass is 16.2. The lowest BCUT2D eigenvalue weighted by molar-refractivity contribution is 0.0645. The maximum Gasteiger partial charge on any atom is 0.254 e. The minimum Gasteiger partial charge on any atom is -0.332 e. The SMILES string of the molecule is N#Cc1cnccc1-c1ccc(C(=O)N(C2CC2)C2CCC3=C(C=NC3)C2)cc1. The summed E-state index contributed by atoms with van der Waals surface area (Å²) in [6.07, 6.45) is 10.5. The van der Waals surface area contributed by atoms with Gasteiger partial charge in [-0.2, -0.15) is 5.26 Å². The van der Waals surface area contributed by atoms with Crippen molar-refractivity contribution in [1.82, 2.24) is 9.88 Å². The molecule has 0 radical (unpaired) electrons. The van der Waals surface area contributed by atoms with Gasteiger partial charge in [-0.15, -0.1) is 0 Å². The van der Waals surface area contributed by atoms with Gasteiger partial charge in [-0.3, -0.25) is 14.8 Å². The second-order valence-corrected chi connectivity index (χ2v) is 8.05. The molecule has 1 atom stereocenters. The van der Waals surface area contributed by atoms with Gasteiger partial charge >= 0.3 is 0 Å². The largest absolute Gasteiger partial charge is 0.332 e. The summed E-state index contributed by atoms with van der Waals surface area (Å²) in [5.41, 5.74) is 5.82. The number of nitriles is 1. The van der Waals surface area contributed by atoms with E-state index in [4.69, 9.17) is 0 Å². The van der Waals surface area contributed by atoms with Gasteiger partial charge in [0.1, 0.15) is 6.07 Å². The Labute approximate surface area is 170 Å². The first-order valence-corrected chi connectivity index (χ1v) is 10.2. The van der Waals surface area contributed by atoms with Crippen LogP contribution in [0.5, 0.6) is 0 Å². The standard InChI is InChI=1S/C24H22N4O/c25-12-20-15-26-10-9-23(20)16-1-3-17(4-2-16)24(29)28(21-7-8-21)22-6-5-18-13-27-14-19(18)11-22/h1-4,9-10,14-15,21-22H,5-8,11,13H2. The third-order valence-corrected chi connectivity index (χ3v) is 6.17. The molecule has 1 aromatic carbocycles. The van der Waals surface area contributed by atoms with Crippen LogP contribution in [-0.4, -0.2) is 40.6 Å². The van der Waals surface area contributed by atoms with E-state index in [9.17, 15) is 10.1 Å². The first kappa shape index (κ1) is 17.8. The minimum atomic E-state index is 0.123. The van der Waals surface area contributed by atoms with Crippen molar-refractivity contribution < 1.29 is 4.79 Å². The maximum absolute atomic E-state index is 13.4. The molecule has 1 aliphatic heterocycles. The number of pyridine rings is 1. The van der Waals surface area contributed by atoms with Crippen LogP contribution in [0, 0.1) is 11.3 Å². The smallest absolute Gasteiger partial charge is 0.254 e. The van der Waals surface area contributed by atoms with Crippen LogP contribution in [0.1, 0.15) is 48.0 Å². The van der Waals surface area contributed by atoms with Gasteiger partial charge in [0.15, 0.2) is 0 Å². The zero-order chi connectivity index (χ0) is 19.8. The molecular formula is C24H22N4O. The topological polar surface area (TPSA) is 69.3 Å². The lowest BCUT2D eigenvalue weighted by Gasteiger charge is -2.35. The van der Waals surface area contributed by atoms with Gasteiger partial charge in [0, 0.05) is 41.8 Å². The molecule has 144 valence electrons. The lowest BCUT2D eigenvalue weighted by atomic mass is 9.88. The third-order valence-electron chi connectivity index (χ3n) is 6.17. The van der Waals surface area contributed by atoms with Gasteiger partial charge in [-0.1, -0.05) is 12.1 Å². The Hall–Kier alpha value is -3.26. The Morgan fingerprint density at radius 2 is 1.93 bits per heavy atom. The van der Waals surface area contributed by atoms with E-state index < -0.39 is 0 Å². The van der Waals surface area contributed by atoms with Gasteiger partial charge in [0.25, 0.3) is 5.91 Å². The molecule has 2 heterocycles. The van der Waals surface area contributed by atoms with Crippen LogP contribution in [0.2, 0.25) is 0 Å². The number of carbonyl (C=O) groups is 1. The van der Waals surface area contributed by atoms with E-state index in [1.54, 1.807) is 12.4 Å². The van der Waals surface area contributed by atoms with E-state index in [0.29, 0.717) is 17.2 Å². The number of hydrogen-bond donors (Lipinski definition) is 0. The predicted molar refractivity (Wildman–Crippen MR) is 112 cm³/mol. The zero-order valence-electron chi connectivity index (χ0n) is 16.2. The highest BCUT2D eigenvalue weighted by molar-refractivity contribution is 5.95. The fourth-order valence-electron chi connectivity index (χ4n) is 4.49. The zero-order valence-corrected chi connectivity index (χ0v) is 16.2. The molecule has 5 nitrogen and oxygen atoms in total. The summed E-state index contributed by atoms with van der Waals surface area (Å²) in [7, 11) is 0. The molecule has 29 heavy (non-hydrogen) atoms. The summed E-state index contributed by atoms with van der Waals surface area (Å²) in [6.45, 7) is 0.848. The molecule has 3 aliphatic rings. The van der Waals surface area contributed by atoms with Crippen LogP contribution in [0.3, 0.4) is 0 Å². The Morgan fingerprint density at radius 1 is 1.10 bits per heavy atom. The average Bonchev–Trinajstić information content (AvgIpc) is 3.49. The number of nitrogens with zero attached hydrogens (tertiary/aromatic N) is 4. The predicted octanol–water partition coefficient (Wildman–Crippen LogP) is 4.16. The van der Waals surface area contributed by atoms with Crippen molar-refractivity contribution in [2.75, 3.05) is 6.54 Å². The quantitative estimate of drug-likeness (QED) is 0.797. The Kier molecular flexibility index (Phi) is 4.48. The maximum atomic E-state index is 13.4. The molecule has 2 aromatic rings. The highest BCUT2D eigenvalue weighted by Crippen LogP contribution is 2.37. The van der Waals surface area contributed by atoms with E-state index in [2.05, 4.69) is 20.9 Å². The molecule has 5 heteroatoms. The molecule has 0 saturated heterocycles. The fraction of sp³-hybridized carbons (Fsp3) is 0.333. The third kappa shape index (κ3) is 3.36. The first-order valence-electron chi connectivity index (χ1n) is 10.2. The van der Waals surface area contributed by atoms with Crippen LogP contribution in [0.4, 0.5) is 0 Å². The monoisotopic (exact) mass is 382 g/mol. The normalized spacial score (nSPS) is 20.3. The van der Waals surface area contributed by atoms with Gasteiger partial charge in [0.2, 0.25) is 0 Å². The summed E-state index contributed by atoms with van der Waals surface area (Å²) in [4.78, 5) is 24.0. The molecule has 1 fully saturated rings. The molecule has 0 spiro atoms. The number of amides is 1. The molecule has 1 saturated carbocycles. The highest BCUT2D eigenvalue weighted by Gasteiger charge is 2.39. The Morgan fingerprint density at radius 3 is 2.69 bits per heavy atom. The van der Waals surface area contributed by atoms with E-state index in [1.807, 2.05) is 36.5 Å². The number of aliphatic imine (C=N–C) groups is 1. The second kappa shape index (κ2) is 7.29. The summed E-state index contributed by atoms with van der Waals surface area (Å²) >= 11 is 0. The second-order valence-electron chi connectivity index (χ2n) is 8.05. The Bertz CT molecular complexity index is 1060. The summed E-state index contributed by atoms with van der Waals surface area (Å²) < 4.78 is 0. The molecule has 1 amide bonds. The van der Waals surface area contributed by atoms with Crippen molar-refractivity contribution in [2.24, 2.45) is 4.99 Å². The van der Waals surface area contributed by atoms with Crippen molar-refractivity contribution in [1.29, 1.82) is 5.26 Å². The summed E-state index contributed by atoms with van der Waals surface area (Å²) in [6, 6.07) is 12.3. The van der Waals surface area contributed by atoms with Gasteiger partial charge in [0.05, 0.1) is 12.1 Å². The number of benzene rings is 1.